The Morgan fingerprint density at radius 2 is 2.09 bits per heavy atom. The van der Waals surface area contributed by atoms with Gasteiger partial charge in [0.05, 0.1) is 19.8 Å². The highest BCUT2D eigenvalue weighted by Crippen LogP contribution is 2.16. The summed E-state index contributed by atoms with van der Waals surface area (Å²) < 4.78 is 31.7. The van der Waals surface area contributed by atoms with Crippen LogP contribution < -0.4 is 10.3 Å². The number of anilines is 1. The Balaban J connectivity index is 1.59. The van der Waals surface area contributed by atoms with Crippen LogP contribution in [0.1, 0.15) is 4.88 Å². The number of hydrogen-bond acceptors (Lipinski definition) is 5. The number of sulfonamides is 1. The molecule has 1 saturated heterocycles. The lowest BCUT2D eigenvalue weighted by molar-refractivity contribution is -0.364. The van der Waals surface area contributed by atoms with E-state index in [9.17, 15) is 8.42 Å². The van der Waals surface area contributed by atoms with Crippen molar-refractivity contribution >= 4 is 27.2 Å². The molecule has 0 radical (unpaired) electrons. The van der Waals surface area contributed by atoms with Gasteiger partial charge in [0, 0.05) is 30.5 Å². The Morgan fingerprint density at radius 3 is 2.74 bits per heavy atom. The SMILES string of the molecule is O=S(=O)(c1ccc(NCCc2cccs2)[nH+]c1)N1CCOCC1. The number of ether oxygens (including phenoxy) is 1. The molecule has 2 N–H and O–H groups in total. The van der Waals surface area contributed by atoms with Gasteiger partial charge in [-0.05, 0) is 17.5 Å². The summed E-state index contributed by atoms with van der Waals surface area (Å²) in [7, 11) is -3.44. The molecule has 0 aliphatic carbocycles. The summed E-state index contributed by atoms with van der Waals surface area (Å²) in [5.41, 5.74) is 0. The fourth-order valence-electron chi connectivity index (χ4n) is 2.39. The van der Waals surface area contributed by atoms with Crippen LogP contribution in [0.4, 0.5) is 5.82 Å². The fraction of sp³-hybridized carbons (Fsp3) is 0.400. The van der Waals surface area contributed by atoms with Crippen molar-refractivity contribution in [3.63, 3.8) is 0 Å². The molecule has 0 atom stereocenters. The van der Waals surface area contributed by atoms with Crippen molar-refractivity contribution in [2.24, 2.45) is 0 Å². The van der Waals surface area contributed by atoms with Crippen LogP contribution in [0.15, 0.2) is 40.7 Å². The minimum absolute atomic E-state index is 0.281. The maximum atomic E-state index is 12.5. The molecule has 2 aromatic rings. The van der Waals surface area contributed by atoms with Gasteiger partial charge in [-0.15, -0.1) is 11.3 Å². The van der Waals surface area contributed by atoms with Gasteiger partial charge in [0.2, 0.25) is 10.0 Å². The van der Waals surface area contributed by atoms with Crippen LogP contribution in [-0.4, -0.2) is 45.6 Å². The first kappa shape index (κ1) is 16.4. The average Bonchev–Trinajstić information content (AvgIpc) is 3.10. The molecule has 1 fully saturated rings. The standard InChI is InChI=1S/C15H19N3O3S2/c19-23(20,18-7-9-21-10-8-18)14-3-4-15(17-12-14)16-6-5-13-2-1-11-22-13/h1-4,11-12H,5-10H2,(H,16,17)/p+1. The van der Waals surface area contributed by atoms with Gasteiger partial charge in [-0.2, -0.15) is 4.31 Å². The number of pyridine rings is 1. The number of nitrogens with zero attached hydrogens (tertiary/aromatic N) is 1. The largest absolute Gasteiger partial charge is 0.379 e. The summed E-state index contributed by atoms with van der Waals surface area (Å²) in [6, 6.07) is 7.54. The van der Waals surface area contributed by atoms with Gasteiger partial charge >= 0.3 is 0 Å². The molecular formula is C15H20N3O3S2+. The highest BCUT2D eigenvalue weighted by atomic mass is 32.2. The zero-order chi connectivity index (χ0) is 16.1. The molecule has 23 heavy (non-hydrogen) atoms. The van der Waals surface area contributed by atoms with Gasteiger partial charge in [-0.1, -0.05) is 6.07 Å². The van der Waals surface area contributed by atoms with Crippen LogP contribution in [0.5, 0.6) is 0 Å². The Morgan fingerprint density at radius 1 is 1.26 bits per heavy atom. The van der Waals surface area contributed by atoms with E-state index < -0.39 is 10.0 Å². The molecule has 0 spiro atoms. The van der Waals surface area contributed by atoms with Crippen LogP contribution in [-0.2, 0) is 21.2 Å². The molecule has 0 saturated carbocycles. The third-order valence-electron chi connectivity index (χ3n) is 3.66. The number of nitrogens with one attached hydrogen (secondary N) is 2. The van der Waals surface area contributed by atoms with Crippen molar-refractivity contribution in [3.05, 3.63) is 40.7 Å². The monoisotopic (exact) mass is 354 g/mol. The van der Waals surface area contributed by atoms with Gasteiger partial charge in [0.15, 0.2) is 0 Å². The predicted octanol–water partition coefficient (Wildman–Crippen LogP) is 1.24. The molecule has 0 bridgehead atoms. The number of aromatic amines is 1. The van der Waals surface area contributed by atoms with Crippen LogP contribution in [0, 0.1) is 0 Å². The van der Waals surface area contributed by atoms with Crippen LogP contribution in [0.3, 0.4) is 0 Å². The maximum Gasteiger partial charge on any atom is 0.272 e. The van der Waals surface area contributed by atoms with Crippen molar-refractivity contribution < 1.29 is 18.1 Å². The molecule has 124 valence electrons. The number of thiophene rings is 1. The quantitative estimate of drug-likeness (QED) is 0.847. The van der Waals surface area contributed by atoms with Crippen molar-refractivity contribution in [1.29, 1.82) is 0 Å². The molecule has 2 aromatic heterocycles. The van der Waals surface area contributed by atoms with E-state index in [1.54, 1.807) is 23.5 Å². The minimum atomic E-state index is -3.44. The fourth-order valence-corrected chi connectivity index (χ4v) is 4.48. The normalized spacial score (nSPS) is 16.3. The summed E-state index contributed by atoms with van der Waals surface area (Å²) in [6.07, 6.45) is 2.48. The highest BCUT2D eigenvalue weighted by molar-refractivity contribution is 7.89. The van der Waals surface area contributed by atoms with Gasteiger partial charge in [-0.3, -0.25) is 5.32 Å². The second-order valence-corrected chi connectivity index (χ2v) is 8.18. The molecule has 0 amide bonds. The first-order valence-corrected chi connectivity index (χ1v) is 9.84. The van der Waals surface area contributed by atoms with Gasteiger partial charge in [-0.25, -0.2) is 13.4 Å². The number of aromatic nitrogens is 1. The summed E-state index contributed by atoms with van der Waals surface area (Å²) in [5, 5.41) is 5.33. The first-order valence-electron chi connectivity index (χ1n) is 7.52. The van der Waals surface area contributed by atoms with Gasteiger partial charge in [0.1, 0.15) is 11.1 Å². The Bertz CT molecular complexity index is 709. The molecule has 3 rings (SSSR count). The number of hydrogen-bond donors (Lipinski definition) is 1. The van der Waals surface area contributed by atoms with E-state index in [2.05, 4.69) is 21.7 Å². The summed E-state index contributed by atoms with van der Waals surface area (Å²) in [5.74, 6) is 0.808. The lowest BCUT2D eigenvalue weighted by atomic mass is 10.3. The second-order valence-electron chi connectivity index (χ2n) is 5.21. The Hall–Kier alpha value is -1.48. The van der Waals surface area contributed by atoms with E-state index >= 15 is 0 Å². The van der Waals surface area contributed by atoms with E-state index in [0.29, 0.717) is 26.3 Å². The summed E-state index contributed by atoms with van der Waals surface area (Å²) in [4.78, 5) is 4.62. The number of rotatable bonds is 6. The highest BCUT2D eigenvalue weighted by Gasteiger charge is 2.27. The lowest BCUT2D eigenvalue weighted by Crippen LogP contribution is -2.40. The Kier molecular flexibility index (Phi) is 5.27. The minimum Gasteiger partial charge on any atom is -0.379 e. The van der Waals surface area contributed by atoms with E-state index in [-0.39, 0.29) is 4.90 Å². The lowest BCUT2D eigenvalue weighted by Gasteiger charge is -2.25. The second kappa shape index (κ2) is 7.39. The molecule has 0 unspecified atom stereocenters. The van der Waals surface area contributed by atoms with Crippen LogP contribution in [0.2, 0.25) is 0 Å². The topological polar surface area (TPSA) is 72.8 Å². The van der Waals surface area contributed by atoms with E-state index in [1.807, 2.05) is 6.07 Å². The molecule has 8 heteroatoms. The predicted molar refractivity (Wildman–Crippen MR) is 89.1 cm³/mol. The third-order valence-corrected chi connectivity index (χ3v) is 6.49. The first-order chi connectivity index (χ1) is 11.2. The molecule has 1 aliphatic rings. The molecule has 3 heterocycles. The zero-order valence-corrected chi connectivity index (χ0v) is 14.3. The zero-order valence-electron chi connectivity index (χ0n) is 12.7. The summed E-state index contributed by atoms with van der Waals surface area (Å²) in [6.45, 7) is 2.51. The molecule has 6 nitrogen and oxygen atoms in total. The van der Waals surface area contributed by atoms with E-state index in [1.165, 1.54) is 15.4 Å². The third kappa shape index (κ3) is 4.08. The van der Waals surface area contributed by atoms with Crippen molar-refractivity contribution in [2.45, 2.75) is 11.3 Å². The summed E-state index contributed by atoms with van der Waals surface area (Å²) >= 11 is 1.73. The molecular weight excluding hydrogens is 334 g/mol. The van der Waals surface area contributed by atoms with Gasteiger partial charge < -0.3 is 4.74 Å². The van der Waals surface area contributed by atoms with Crippen LogP contribution >= 0.6 is 11.3 Å². The van der Waals surface area contributed by atoms with E-state index in [4.69, 9.17) is 4.74 Å². The Labute approximate surface area is 140 Å². The van der Waals surface area contributed by atoms with Gasteiger partial charge in [0.25, 0.3) is 5.82 Å². The average molecular weight is 354 g/mol. The maximum absolute atomic E-state index is 12.5. The van der Waals surface area contributed by atoms with Crippen molar-refractivity contribution in [2.75, 3.05) is 38.2 Å². The van der Waals surface area contributed by atoms with Crippen LogP contribution in [0.25, 0.3) is 0 Å². The van der Waals surface area contributed by atoms with Crippen molar-refractivity contribution in [3.8, 4) is 0 Å². The number of H-pyrrole nitrogens is 1. The molecule has 1 aliphatic heterocycles. The van der Waals surface area contributed by atoms with Crippen molar-refractivity contribution in [1.82, 2.24) is 4.31 Å². The molecule has 0 aromatic carbocycles. The number of morpholine rings is 1. The van der Waals surface area contributed by atoms with E-state index in [0.717, 1.165) is 18.8 Å². The smallest absolute Gasteiger partial charge is 0.272 e.